The second kappa shape index (κ2) is 41.9. The molecule has 0 aromatic heterocycles. The zero-order valence-corrected chi connectivity index (χ0v) is 36.4. The topological polar surface area (TPSA) is 18.5 Å². The van der Waals surface area contributed by atoms with Crippen molar-refractivity contribution in [2.24, 2.45) is 5.92 Å². The van der Waals surface area contributed by atoms with E-state index in [0.29, 0.717) is 5.92 Å². The molecule has 0 spiro atoms. The van der Waals surface area contributed by atoms with Crippen molar-refractivity contribution < 1.29 is 26.4 Å². The standard InChI is InChI=1S/C46H96NO2.ClH/c1-7-12-15-17-19-21-23-25-26-27-28-29-31-33-35-37-40-46(43-47(10-4,11-5)45(6)49-42-38-14-9-3)44-48-41-39-36-34-32-30-24-22-20-18-16-13-8-2;/h45-46H,7-44H2,1-6H3;1H/q+1;/p-1. The summed E-state index contributed by atoms with van der Waals surface area (Å²) < 4.78 is 14.0. The minimum Gasteiger partial charge on any atom is -1.00 e. The smallest absolute Gasteiger partial charge is 0.190 e. The average Bonchev–Trinajstić information content (AvgIpc) is 3.11. The maximum absolute atomic E-state index is 6.49. The Labute approximate surface area is 324 Å². The lowest BCUT2D eigenvalue weighted by molar-refractivity contribution is -0.969. The van der Waals surface area contributed by atoms with Crippen LogP contribution in [0.5, 0.6) is 0 Å². The molecule has 2 unspecified atom stereocenters. The van der Waals surface area contributed by atoms with E-state index in [2.05, 4.69) is 41.5 Å². The lowest BCUT2D eigenvalue weighted by Gasteiger charge is -2.43. The predicted molar refractivity (Wildman–Crippen MR) is 221 cm³/mol. The van der Waals surface area contributed by atoms with Crippen LogP contribution >= 0.6 is 0 Å². The zero-order chi connectivity index (χ0) is 35.9. The van der Waals surface area contributed by atoms with Crippen molar-refractivity contribution in [1.82, 2.24) is 0 Å². The molecule has 4 heteroatoms. The molecule has 0 aromatic carbocycles. The molecule has 2 atom stereocenters. The first kappa shape index (κ1) is 52.3. The van der Waals surface area contributed by atoms with Crippen LogP contribution in [0.25, 0.3) is 0 Å². The van der Waals surface area contributed by atoms with Crippen LogP contribution in [0.2, 0.25) is 0 Å². The minimum atomic E-state index is 0. The molecule has 0 radical (unpaired) electrons. The molecule has 0 aromatic rings. The Kier molecular flexibility index (Phi) is 43.8. The van der Waals surface area contributed by atoms with Crippen LogP contribution in [0.4, 0.5) is 0 Å². The molecule has 0 N–H and O–H groups in total. The molecule has 0 bridgehead atoms. The van der Waals surface area contributed by atoms with Crippen molar-refractivity contribution in [2.45, 2.75) is 253 Å². The van der Waals surface area contributed by atoms with E-state index in [4.69, 9.17) is 9.47 Å². The summed E-state index contributed by atoms with van der Waals surface area (Å²) in [4.78, 5) is 0. The fourth-order valence-corrected chi connectivity index (χ4v) is 7.93. The Balaban J connectivity index is 0. The molecular formula is C46H96ClNO2. The summed E-state index contributed by atoms with van der Waals surface area (Å²) in [5.41, 5.74) is 0. The van der Waals surface area contributed by atoms with Crippen LogP contribution in [-0.2, 0) is 9.47 Å². The maximum Gasteiger partial charge on any atom is 0.190 e. The molecule has 0 saturated heterocycles. The minimum absolute atomic E-state index is 0. The van der Waals surface area contributed by atoms with Gasteiger partial charge in [0.25, 0.3) is 0 Å². The van der Waals surface area contributed by atoms with Gasteiger partial charge in [0.1, 0.15) is 0 Å². The lowest BCUT2D eigenvalue weighted by atomic mass is 9.98. The quantitative estimate of drug-likeness (QED) is 0.0354. The zero-order valence-electron chi connectivity index (χ0n) is 35.7. The number of ether oxygens (including phenoxy) is 2. The first-order valence-corrected chi connectivity index (χ1v) is 23.1. The van der Waals surface area contributed by atoms with Crippen LogP contribution in [0.3, 0.4) is 0 Å². The van der Waals surface area contributed by atoms with Crippen molar-refractivity contribution in [3.63, 3.8) is 0 Å². The molecule has 0 heterocycles. The summed E-state index contributed by atoms with van der Waals surface area (Å²) in [7, 11) is 0. The normalized spacial score (nSPS) is 13.1. The summed E-state index contributed by atoms with van der Waals surface area (Å²) in [6, 6.07) is 0. The largest absolute Gasteiger partial charge is 1.00 e. The Hall–Kier alpha value is 0.170. The Morgan fingerprint density at radius 2 is 0.720 bits per heavy atom. The van der Waals surface area contributed by atoms with E-state index >= 15 is 0 Å². The van der Waals surface area contributed by atoms with E-state index in [-0.39, 0.29) is 18.6 Å². The average molecular weight is 731 g/mol. The number of hydrogen-bond donors (Lipinski definition) is 0. The van der Waals surface area contributed by atoms with Gasteiger partial charge in [-0.2, -0.15) is 0 Å². The Morgan fingerprint density at radius 1 is 0.400 bits per heavy atom. The fourth-order valence-electron chi connectivity index (χ4n) is 7.93. The van der Waals surface area contributed by atoms with Crippen LogP contribution in [0.15, 0.2) is 0 Å². The molecule has 0 fully saturated rings. The molecule has 0 aliphatic heterocycles. The molecule has 50 heavy (non-hydrogen) atoms. The number of quaternary nitrogens is 1. The molecule has 0 amide bonds. The highest BCUT2D eigenvalue weighted by atomic mass is 35.5. The third kappa shape index (κ3) is 32.8. The second-order valence-electron chi connectivity index (χ2n) is 16.1. The van der Waals surface area contributed by atoms with Gasteiger partial charge in [0.2, 0.25) is 0 Å². The Bertz CT molecular complexity index is 613. The third-order valence-electron chi connectivity index (χ3n) is 11.7. The summed E-state index contributed by atoms with van der Waals surface area (Å²) in [5, 5.41) is 0. The molecule has 3 nitrogen and oxygen atoms in total. The van der Waals surface area contributed by atoms with Crippen LogP contribution < -0.4 is 12.4 Å². The van der Waals surface area contributed by atoms with Gasteiger partial charge in [-0.1, -0.05) is 207 Å². The van der Waals surface area contributed by atoms with Gasteiger partial charge in [0, 0.05) is 19.4 Å². The van der Waals surface area contributed by atoms with E-state index in [1.807, 2.05) is 0 Å². The van der Waals surface area contributed by atoms with Crippen LogP contribution in [0.1, 0.15) is 247 Å². The van der Waals surface area contributed by atoms with E-state index < -0.39 is 0 Å². The first-order chi connectivity index (χ1) is 24.1. The van der Waals surface area contributed by atoms with Gasteiger partial charge < -0.3 is 21.9 Å². The van der Waals surface area contributed by atoms with Gasteiger partial charge in [-0.05, 0) is 33.1 Å². The predicted octanol–water partition coefficient (Wildman–Crippen LogP) is 12.4. The Morgan fingerprint density at radius 3 is 1.10 bits per heavy atom. The van der Waals surface area contributed by atoms with Gasteiger partial charge in [-0.3, -0.25) is 4.48 Å². The van der Waals surface area contributed by atoms with Gasteiger partial charge in [-0.15, -0.1) is 0 Å². The van der Waals surface area contributed by atoms with Crippen molar-refractivity contribution in [3.05, 3.63) is 0 Å². The van der Waals surface area contributed by atoms with E-state index in [1.54, 1.807) is 0 Å². The lowest BCUT2D eigenvalue weighted by Crippen LogP contribution is -3.00. The van der Waals surface area contributed by atoms with Gasteiger partial charge in [0.05, 0.1) is 32.8 Å². The highest BCUT2D eigenvalue weighted by Gasteiger charge is 2.34. The highest BCUT2D eigenvalue weighted by molar-refractivity contribution is 4.62. The van der Waals surface area contributed by atoms with Crippen LogP contribution in [-0.4, -0.2) is 50.2 Å². The fraction of sp³-hybridized carbons (Fsp3) is 1.00. The monoisotopic (exact) mass is 730 g/mol. The van der Waals surface area contributed by atoms with Gasteiger partial charge in [0.15, 0.2) is 6.23 Å². The number of halogens is 1. The molecule has 0 aliphatic carbocycles. The molecule has 304 valence electrons. The third-order valence-corrected chi connectivity index (χ3v) is 11.7. The van der Waals surface area contributed by atoms with E-state index in [1.165, 1.54) is 212 Å². The summed E-state index contributed by atoms with van der Waals surface area (Å²) >= 11 is 0. The SMILES string of the molecule is CCCCCCCCCCCCCCCCCCC(COCCCCCCCCCCCCCC)C[N+](CC)(CC)C(C)OCCCCC.[Cl-]. The van der Waals surface area contributed by atoms with Crippen molar-refractivity contribution in [2.75, 3.05) is 39.5 Å². The van der Waals surface area contributed by atoms with Crippen LogP contribution in [0, 0.1) is 5.92 Å². The summed E-state index contributed by atoms with van der Waals surface area (Å²) in [5.74, 6) is 0.644. The number of unbranched alkanes of at least 4 members (excludes halogenated alkanes) is 28. The van der Waals surface area contributed by atoms with E-state index in [0.717, 1.165) is 37.4 Å². The second-order valence-corrected chi connectivity index (χ2v) is 16.1. The number of rotatable bonds is 42. The summed E-state index contributed by atoms with van der Waals surface area (Å²) in [6.07, 6.45) is 45.2. The van der Waals surface area contributed by atoms with Gasteiger partial charge >= 0.3 is 0 Å². The number of hydrogen-bond acceptors (Lipinski definition) is 2. The van der Waals surface area contributed by atoms with Crippen molar-refractivity contribution in [3.8, 4) is 0 Å². The molecule has 0 aliphatic rings. The first-order valence-electron chi connectivity index (χ1n) is 23.1. The van der Waals surface area contributed by atoms with Gasteiger partial charge in [-0.25, -0.2) is 0 Å². The maximum atomic E-state index is 6.49. The molecule has 0 rings (SSSR count). The molecular weight excluding hydrogens is 634 g/mol. The highest BCUT2D eigenvalue weighted by Crippen LogP contribution is 2.23. The number of nitrogens with zero attached hydrogens (tertiary/aromatic N) is 1. The van der Waals surface area contributed by atoms with E-state index in [9.17, 15) is 0 Å². The summed E-state index contributed by atoms with van der Waals surface area (Å²) in [6.45, 7) is 20.3. The van der Waals surface area contributed by atoms with Crippen molar-refractivity contribution >= 4 is 0 Å². The molecule has 0 saturated carbocycles. The van der Waals surface area contributed by atoms with Crippen molar-refractivity contribution in [1.29, 1.82) is 0 Å².